The molecular formula is C20H16F4N2O4. The molecule has 0 radical (unpaired) electrons. The van der Waals surface area contributed by atoms with Crippen molar-refractivity contribution in [1.82, 2.24) is 10.0 Å². The fraction of sp³-hybridized carbons (Fsp3) is 0.150. The van der Waals surface area contributed by atoms with Crippen LogP contribution in [0.1, 0.15) is 22.8 Å². The molecule has 2 N–H and O–H groups in total. The van der Waals surface area contributed by atoms with Crippen LogP contribution in [0, 0.1) is 5.82 Å². The number of benzene rings is 2. The van der Waals surface area contributed by atoms with Crippen molar-refractivity contribution in [2.24, 2.45) is 0 Å². The van der Waals surface area contributed by atoms with Gasteiger partial charge >= 0.3 is 12.3 Å². The maximum Gasteiger partial charge on any atom is 0.573 e. The van der Waals surface area contributed by atoms with Crippen molar-refractivity contribution in [2.45, 2.75) is 13.3 Å². The zero-order chi connectivity index (χ0) is 21.9. The van der Waals surface area contributed by atoms with Crippen LogP contribution in [0.15, 0.2) is 48.7 Å². The Bertz CT molecular complexity index is 1110. The van der Waals surface area contributed by atoms with Crippen LogP contribution in [0.4, 0.5) is 17.6 Å². The lowest BCUT2D eigenvalue weighted by Crippen LogP contribution is -2.17. The van der Waals surface area contributed by atoms with Gasteiger partial charge in [-0.1, -0.05) is 12.1 Å². The van der Waals surface area contributed by atoms with Gasteiger partial charge in [-0.25, -0.2) is 9.18 Å². The number of ether oxygens (including phenoxy) is 1. The molecule has 0 saturated heterocycles. The molecule has 0 amide bonds. The van der Waals surface area contributed by atoms with Gasteiger partial charge in [0.2, 0.25) is 0 Å². The molecule has 6 nitrogen and oxygen atoms in total. The molecule has 2 aromatic carbocycles. The number of hydrogen-bond acceptors (Lipinski definition) is 4. The summed E-state index contributed by atoms with van der Waals surface area (Å²) in [7, 11) is 0. The van der Waals surface area contributed by atoms with Gasteiger partial charge in [0.1, 0.15) is 11.6 Å². The van der Waals surface area contributed by atoms with Crippen LogP contribution < -0.4 is 10.2 Å². The highest BCUT2D eigenvalue weighted by Gasteiger charge is 2.31. The lowest BCUT2D eigenvalue weighted by Gasteiger charge is -2.14. The summed E-state index contributed by atoms with van der Waals surface area (Å²) in [5.41, 5.74) is 3.38. The second-order valence-electron chi connectivity index (χ2n) is 6.07. The average Bonchev–Trinajstić information content (AvgIpc) is 3.01. The lowest BCUT2D eigenvalue weighted by atomic mass is 10.1. The summed E-state index contributed by atoms with van der Waals surface area (Å²) in [5, 5.41) is 9.57. The highest BCUT2D eigenvalue weighted by atomic mass is 19.4. The quantitative estimate of drug-likeness (QED) is 0.418. The first-order valence-electron chi connectivity index (χ1n) is 8.67. The standard InChI is InChI=1S/C20H16F4N2O4/c1-2-29-25-17(12-4-3-5-14(8-12)30-20(22,23)24)11-26-10-16(19(27)28)15-9-13(21)6-7-18(15)26/h3-11,25H,2H2,1H3,(H,27,28). The van der Waals surface area contributed by atoms with Crippen LogP contribution >= 0.6 is 0 Å². The normalized spacial score (nSPS) is 12.2. The van der Waals surface area contributed by atoms with Crippen molar-refractivity contribution >= 4 is 28.8 Å². The Morgan fingerprint density at radius 2 is 2.00 bits per heavy atom. The Labute approximate surface area is 167 Å². The number of fused-ring (bicyclic) bond motifs is 1. The molecule has 0 atom stereocenters. The predicted molar refractivity (Wildman–Crippen MR) is 101 cm³/mol. The molecule has 3 aromatic rings. The van der Waals surface area contributed by atoms with Gasteiger partial charge < -0.3 is 14.4 Å². The zero-order valence-corrected chi connectivity index (χ0v) is 15.5. The third kappa shape index (κ3) is 4.90. The number of carboxylic acids is 1. The number of hydroxylamine groups is 1. The van der Waals surface area contributed by atoms with Crippen LogP contribution in [-0.2, 0) is 4.84 Å². The van der Waals surface area contributed by atoms with E-state index >= 15 is 0 Å². The highest BCUT2D eigenvalue weighted by Crippen LogP contribution is 2.28. The molecule has 0 saturated carbocycles. The van der Waals surface area contributed by atoms with Crippen LogP contribution in [0.2, 0.25) is 0 Å². The number of rotatable bonds is 7. The first-order valence-corrected chi connectivity index (χ1v) is 8.67. The summed E-state index contributed by atoms with van der Waals surface area (Å²) in [6.07, 6.45) is -2.15. The van der Waals surface area contributed by atoms with Gasteiger partial charge in [-0.15, -0.1) is 13.2 Å². The predicted octanol–water partition coefficient (Wildman–Crippen LogP) is 4.87. The fourth-order valence-electron chi connectivity index (χ4n) is 2.81. The Morgan fingerprint density at radius 1 is 1.23 bits per heavy atom. The van der Waals surface area contributed by atoms with Crippen LogP contribution in [0.25, 0.3) is 22.8 Å². The van der Waals surface area contributed by atoms with E-state index in [2.05, 4.69) is 10.2 Å². The molecule has 1 heterocycles. The van der Waals surface area contributed by atoms with Gasteiger partial charge in [-0.05, 0) is 37.3 Å². The molecule has 3 rings (SSSR count). The molecule has 0 fully saturated rings. The van der Waals surface area contributed by atoms with E-state index in [0.717, 1.165) is 18.2 Å². The number of aromatic nitrogens is 1. The summed E-state index contributed by atoms with van der Waals surface area (Å²) in [4.78, 5) is 16.7. The second-order valence-corrected chi connectivity index (χ2v) is 6.07. The number of carboxylic acid groups (broad SMARTS) is 1. The van der Waals surface area contributed by atoms with Gasteiger partial charge in [0.05, 0.1) is 23.4 Å². The third-order valence-corrected chi connectivity index (χ3v) is 4.00. The largest absolute Gasteiger partial charge is 0.573 e. The summed E-state index contributed by atoms with van der Waals surface area (Å²) in [6.45, 7) is 1.94. The van der Waals surface area contributed by atoms with Crippen molar-refractivity contribution < 1.29 is 37.0 Å². The number of alkyl halides is 3. The number of carbonyl (C=O) groups is 1. The van der Waals surface area contributed by atoms with Crippen molar-refractivity contribution in [3.8, 4) is 5.75 Å². The molecule has 0 aliphatic heterocycles. The van der Waals surface area contributed by atoms with Crippen LogP contribution in [0.5, 0.6) is 5.75 Å². The third-order valence-electron chi connectivity index (χ3n) is 4.00. The monoisotopic (exact) mass is 424 g/mol. The van der Waals surface area contributed by atoms with Crippen LogP contribution in [0.3, 0.4) is 0 Å². The second kappa shape index (κ2) is 8.46. The Hall–Kier alpha value is -3.53. The van der Waals surface area contributed by atoms with Gasteiger partial charge in [0, 0.05) is 23.3 Å². The number of nitrogens with one attached hydrogen (secondary N) is 1. The maximum absolute atomic E-state index is 13.6. The molecule has 0 unspecified atom stereocenters. The SMILES string of the molecule is CCONC(=Cn1cc(C(=O)O)c2cc(F)ccc21)c1cccc(OC(F)(F)F)c1. The molecule has 10 heteroatoms. The zero-order valence-electron chi connectivity index (χ0n) is 15.5. The van der Waals surface area contributed by atoms with Crippen molar-refractivity contribution in [3.05, 3.63) is 65.6 Å². The summed E-state index contributed by atoms with van der Waals surface area (Å²) >= 11 is 0. The first kappa shape index (κ1) is 21.2. The smallest absolute Gasteiger partial charge is 0.478 e. The minimum atomic E-state index is -4.85. The average molecular weight is 424 g/mol. The van der Waals surface area contributed by atoms with Crippen LogP contribution in [-0.4, -0.2) is 28.6 Å². The first-order chi connectivity index (χ1) is 14.2. The molecule has 1 aromatic heterocycles. The van der Waals surface area contributed by atoms with Crippen molar-refractivity contribution in [2.75, 3.05) is 6.61 Å². The molecule has 0 aliphatic rings. The van der Waals surface area contributed by atoms with E-state index in [1.165, 1.54) is 41.2 Å². The van der Waals surface area contributed by atoms with Gasteiger partial charge in [-0.3, -0.25) is 10.3 Å². The molecular weight excluding hydrogens is 408 g/mol. The highest BCUT2D eigenvalue weighted by molar-refractivity contribution is 6.04. The minimum Gasteiger partial charge on any atom is -0.478 e. The summed E-state index contributed by atoms with van der Waals surface area (Å²) < 4.78 is 56.6. The summed E-state index contributed by atoms with van der Waals surface area (Å²) in [5.74, 6) is -2.29. The van der Waals surface area contributed by atoms with E-state index in [4.69, 9.17) is 4.84 Å². The topological polar surface area (TPSA) is 72.7 Å². The minimum absolute atomic E-state index is 0.134. The van der Waals surface area contributed by atoms with E-state index in [0.29, 0.717) is 5.52 Å². The molecule has 0 spiro atoms. The number of hydrogen-bond donors (Lipinski definition) is 2. The molecule has 0 aliphatic carbocycles. The Balaban J connectivity index is 2.11. The lowest BCUT2D eigenvalue weighted by molar-refractivity contribution is -0.274. The van der Waals surface area contributed by atoms with E-state index in [-0.39, 0.29) is 28.8 Å². The maximum atomic E-state index is 13.6. The van der Waals surface area contributed by atoms with E-state index in [1.807, 2.05) is 0 Å². The van der Waals surface area contributed by atoms with Gasteiger partial charge in [0.25, 0.3) is 0 Å². The Morgan fingerprint density at radius 3 is 2.67 bits per heavy atom. The molecule has 30 heavy (non-hydrogen) atoms. The number of nitrogens with zero attached hydrogens (tertiary/aromatic N) is 1. The van der Waals surface area contributed by atoms with Crippen molar-refractivity contribution in [3.63, 3.8) is 0 Å². The number of aromatic carboxylic acids is 1. The van der Waals surface area contributed by atoms with E-state index < -0.39 is 23.9 Å². The van der Waals surface area contributed by atoms with E-state index in [9.17, 15) is 27.5 Å². The summed E-state index contributed by atoms with van der Waals surface area (Å²) in [6, 6.07) is 8.84. The molecule has 0 bridgehead atoms. The van der Waals surface area contributed by atoms with Gasteiger partial charge in [0.15, 0.2) is 0 Å². The van der Waals surface area contributed by atoms with Gasteiger partial charge in [-0.2, -0.15) is 0 Å². The fourth-order valence-corrected chi connectivity index (χ4v) is 2.81. The Kier molecular flexibility index (Phi) is 5.97. The van der Waals surface area contributed by atoms with E-state index in [1.54, 1.807) is 6.92 Å². The molecule has 158 valence electrons. The number of halogens is 4. The van der Waals surface area contributed by atoms with Crippen molar-refractivity contribution in [1.29, 1.82) is 0 Å².